The molecule has 1 fully saturated rings. The number of ether oxygens (including phenoxy) is 1. The third-order valence-electron chi connectivity index (χ3n) is 7.75. The molecule has 0 atom stereocenters. The highest BCUT2D eigenvalue weighted by molar-refractivity contribution is 8.13. The van der Waals surface area contributed by atoms with Gasteiger partial charge < -0.3 is 4.74 Å². The first-order chi connectivity index (χ1) is 22.7. The van der Waals surface area contributed by atoms with Crippen LogP contribution in [0.4, 0.5) is 0 Å². The lowest BCUT2D eigenvalue weighted by atomic mass is 10.1. The zero-order chi connectivity index (χ0) is 35.1. The number of rotatable bonds is 3. The van der Waals surface area contributed by atoms with E-state index in [0.29, 0.717) is 21.5 Å². The molecule has 2 aromatic carbocycles. The van der Waals surface area contributed by atoms with Crippen LogP contribution in [0.3, 0.4) is 0 Å². The Balaban J connectivity index is 0.000000163. The zero-order valence-electron chi connectivity index (χ0n) is 28.1. The highest BCUT2D eigenvalue weighted by atomic mass is 35.7. The van der Waals surface area contributed by atoms with Crippen LogP contribution >= 0.6 is 10.7 Å². The molecule has 4 heterocycles. The lowest BCUT2D eigenvalue weighted by molar-refractivity contribution is 0.198. The summed E-state index contributed by atoms with van der Waals surface area (Å²) in [7, 11) is -1.94. The zero-order valence-corrected chi connectivity index (χ0v) is 30.5. The van der Waals surface area contributed by atoms with E-state index in [1.54, 1.807) is 44.6 Å². The predicted octanol–water partition coefficient (Wildman–Crippen LogP) is 7.99. The molecule has 0 spiro atoms. The number of halogens is 1. The Hall–Kier alpha value is -3.92. The van der Waals surface area contributed by atoms with Crippen LogP contribution in [0.25, 0.3) is 17.0 Å². The SMILES string of the molecule is C1CCOC1.Cc1cc(C)c(S(=O)(=O)Cl)c(C)c1.Cc1cc(C)c(S(=O)(=O)n2ccc3ccncc32)c(C)c1.[C+]1=Cc2ccncc2C1. The van der Waals surface area contributed by atoms with Crippen LogP contribution in [-0.4, -0.2) is 44.0 Å². The third kappa shape index (κ3) is 9.15. The third-order valence-corrected chi connectivity index (χ3v) is 11.3. The van der Waals surface area contributed by atoms with Crippen molar-refractivity contribution in [3.8, 4) is 0 Å². The van der Waals surface area contributed by atoms with Gasteiger partial charge in [-0.05, 0) is 88.8 Å². The monoisotopic (exact) mass is 706 g/mol. The van der Waals surface area contributed by atoms with Crippen LogP contribution in [0, 0.1) is 47.6 Å². The summed E-state index contributed by atoms with van der Waals surface area (Å²) in [5.41, 5.74) is 8.18. The fourth-order valence-electron chi connectivity index (χ4n) is 5.89. The molecule has 1 saturated heterocycles. The summed E-state index contributed by atoms with van der Waals surface area (Å²) in [6.45, 7) is 13.0. The van der Waals surface area contributed by atoms with E-state index in [9.17, 15) is 16.8 Å². The first-order valence-corrected chi connectivity index (χ1v) is 19.3. The predicted molar refractivity (Wildman–Crippen MR) is 192 cm³/mol. The van der Waals surface area contributed by atoms with Gasteiger partial charge in [0.25, 0.3) is 19.1 Å². The van der Waals surface area contributed by atoms with Crippen molar-refractivity contribution >= 4 is 46.7 Å². The number of allylic oxidation sites excluding steroid dienone is 1. The Morgan fingerprint density at radius 3 is 1.81 bits per heavy atom. The number of nitrogens with zero attached hydrogens (tertiary/aromatic N) is 3. The largest absolute Gasteiger partial charge is 0.381 e. The van der Waals surface area contributed by atoms with Gasteiger partial charge in [-0.3, -0.25) is 9.97 Å². The molecule has 0 unspecified atom stereocenters. The van der Waals surface area contributed by atoms with E-state index in [1.165, 1.54) is 27.9 Å². The molecule has 252 valence electrons. The molecule has 7 rings (SSSR count). The molecule has 48 heavy (non-hydrogen) atoms. The van der Waals surface area contributed by atoms with Crippen LogP contribution in [0.1, 0.15) is 57.3 Å². The molecule has 1 aliphatic heterocycles. The van der Waals surface area contributed by atoms with Gasteiger partial charge in [0.2, 0.25) is 0 Å². The van der Waals surface area contributed by atoms with E-state index in [0.717, 1.165) is 47.3 Å². The molecule has 0 saturated carbocycles. The number of benzene rings is 2. The summed E-state index contributed by atoms with van der Waals surface area (Å²) < 4.78 is 54.5. The van der Waals surface area contributed by atoms with Crippen LogP contribution in [0.15, 0.2) is 83.2 Å². The fourth-order valence-corrected chi connectivity index (χ4v) is 9.27. The Kier molecular flexibility index (Phi) is 12.3. The van der Waals surface area contributed by atoms with E-state index in [2.05, 4.69) is 16.0 Å². The van der Waals surface area contributed by atoms with Crippen LogP contribution < -0.4 is 0 Å². The van der Waals surface area contributed by atoms with Crippen molar-refractivity contribution in [2.75, 3.05) is 13.2 Å². The second kappa shape index (κ2) is 16.0. The Morgan fingerprint density at radius 2 is 1.29 bits per heavy atom. The van der Waals surface area contributed by atoms with Gasteiger partial charge in [0.05, 0.1) is 39.3 Å². The number of fused-ring (bicyclic) bond motifs is 2. The van der Waals surface area contributed by atoms with E-state index in [-0.39, 0.29) is 4.90 Å². The van der Waals surface area contributed by atoms with Crippen molar-refractivity contribution in [3.63, 3.8) is 0 Å². The molecular weight excluding hydrogens is 666 g/mol. The number of hydrogen-bond acceptors (Lipinski definition) is 7. The smallest absolute Gasteiger partial charge is 0.268 e. The summed E-state index contributed by atoms with van der Waals surface area (Å²) >= 11 is 0. The fraction of sp³-hybridized carbons (Fsp3) is 0.297. The van der Waals surface area contributed by atoms with Gasteiger partial charge in [-0.25, -0.2) is 20.8 Å². The van der Waals surface area contributed by atoms with E-state index in [4.69, 9.17) is 15.4 Å². The number of hydrogen-bond donors (Lipinski definition) is 0. The normalized spacial score (nSPS) is 13.3. The second-order valence-electron chi connectivity index (χ2n) is 11.9. The molecule has 0 amide bonds. The molecule has 5 aromatic rings. The van der Waals surface area contributed by atoms with Gasteiger partial charge >= 0.3 is 0 Å². The van der Waals surface area contributed by atoms with Crippen molar-refractivity contribution in [1.29, 1.82) is 0 Å². The minimum Gasteiger partial charge on any atom is -0.381 e. The van der Waals surface area contributed by atoms with E-state index >= 15 is 0 Å². The lowest BCUT2D eigenvalue weighted by Gasteiger charge is -2.13. The van der Waals surface area contributed by atoms with Crippen LogP contribution in [0.5, 0.6) is 0 Å². The summed E-state index contributed by atoms with van der Waals surface area (Å²) in [6, 6.07) is 13.0. The lowest BCUT2D eigenvalue weighted by Crippen LogP contribution is -2.15. The highest BCUT2D eigenvalue weighted by Gasteiger charge is 2.23. The van der Waals surface area contributed by atoms with Gasteiger partial charge in [-0.2, -0.15) is 0 Å². The summed E-state index contributed by atoms with van der Waals surface area (Å²) in [6.07, 6.45) is 17.1. The molecule has 11 heteroatoms. The molecule has 8 nitrogen and oxygen atoms in total. The van der Waals surface area contributed by atoms with Gasteiger partial charge in [-0.1, -0.05) is 35.4 Å². The topological polar surface area (TPSA) is 108 Å². The highest BCUT2D eigenvalue weighted by Crippen LogP contribution is 2.27. The number of aryl methyl sites for hydroxylation is 6. The number of pyridine rings is 2. The second-order valence-corrected chi connectivity index (χ2v) is 16.1. The Labute approximate surface area is 289 Å². The van der Waals surface area contributed by atoms with Crippen LogP contribution in [0.2, 0.25) is 0 Å². The average Bonchev–Trinajstić information content (AvgIpc) is 3.79. The van der Waals surface area contributed by atoms with Gasteiger partial charge in [0.1, 0.15) is 12.0 Å². The summed E-state index contributed by atoms with van der Waals surface area (Å²) in [5.74, 6) is 0. The van der Waals surface area contributed by atoms with Crippen molar-refractivity contribution in [2.24, 2.45) is 0 Å². The molecule has 1 aliphatic carbocycles. The maximum absolute atomic E-state index is 13.0. The standard InChI is InChI=1S/C16H16N2O2S.C9H11ClO2S.C8H6N.C4H8O/c1-11-8-12(2)16(13(3)9-11)21(19,20)18-7-5-14-4-6-17-10-15(14)18;1-6-4-7(2)9(8(3)5-6)13(10,11)12;1-2-7-4-5-9-6-8(7)3-1;1-2-4-5-3-1/h4-10H,1-3H3;4-5H,1-3H3;2,4-6H,3H2;1-4H2/q;;+1;. The summed E-state index contributed by atoms with van der Waals surface area (Å²) in [4.78, 5) is 8.63. The van der Waals surface area contributed by atoms with Crippen molar-refractivity contribution in [3.05, 3.63) is 124 Å². The quantitative estimate of drug-likeness (QED) is 0.138. The minimum atomic E-state index is -3.62. The first-order valence-electron chi connectivity index (χ1n) is 15.5. The van der Waals surface area contributed by atoms with E-state index in [1.807, 2.05) is 76.5 Å². The minimum absolute atomic E-state index is 0.236. The molecular formula is C37H41ClN3O5S2+. The van der Waals surface area contributed by atoms with Crippen LogP contribution in [-0.2, 0) is 30.2 Å². The van der Waals surface area contributed by atoms with E-state index < -0.39 is 19.1 Å². The molecule has 2 aliphatic rings. The molecule has 3 aromatic heterocycles. The molecule has 0 N–H and O–H groups in total. The van der Waals surface area contributed by atoms with Crippen molar-refractivity contribution < 1.29 is 21.6 Å². The Bertz CT molecular complexity index is 2100. The summed E-state index contributed by atoms with van der Waals surface area (Å²) in [5, 5.41) is 0.857. The van der Waals surface area contributed by atoms with Gasteiger partial charge in [-0.15, -0.1) is 0 Å². The average molecular weight is 707 g/mol. The molecule has 0 radical (unpaired) electrons. The maximum atomic E-state index is 13.0. The van der Waals surface area contributed by atoms with Gasteiger partial charge in [0, 0.05) is 53.9 Å². The van der Waals surface area contributed by atoms with Gasteiger partial charge in [0.15, 0.2) is 6.08 Å². The van der Waals surface area contributed by atoms with Crippen molar-refractivity contribution in [2.45, 2.75) is 70.6 Å². The van der Waals surface area contributed by atoms with Crippen molar-refractivity contribution in [1.82, 2.24) is 13.9 Å². The molecule has 0 bridgehead atoms. The first kappa shape index (κ1) is 36.9. The maximum Gasteiger partial charge on any atom is 0.268 e. The number of aromatic nitrogens is 3. The Morgan fingerprint density at radius 1 is 0.750 bits per heavy atom.